The standard InChI is InChI=1S/C22H28ClN5O.C21H28FN5O.C20H28FN5O.C19H23F2N5O2.C18H22FN5O2/c1-12-9-28-16(10-25(12)4)11-27(14(3)15-6-7-15)20-19(28)17-8-18(23)13(2)24-21(17)26(5)22(20)29;1-12-9-26-15(10-24(12)3)11-27(14-6-5-7-14)19-18(26)16-8-17(22)13(2)23-20(16)25(4)21(19)28;1-11(2)25-10-14-9-23(5)12(3)8-26(14)17-15-7-16(21)13(4)22-19(15)24(6)20(27)18(17)25;1-9-7-25-14(8-23(9)4)18(27)26(11(3)20)16-15(25)12-6-13(21)10(2)22-17(12)24(5)19(16)28;1-9-7-24-13(8-21(9)3)17(25)22(4)15-14(24)11-6-12(19)10(2)20-16(11)23(5)18(15)26/h8,12,15-16H,3,6-7,9-11H2,1-2,4-5H3;8,12,14-15H,5-7,9-11H2,1-4H3;7,11-12,14H,8-10H2,1-6H3;6,9,11,14H,7-8H2,1-5H3;6,9,13H,7-8H2,1-5H3. The molecule has 738 valence electrons. The molecule has 10 aromatic rings. The van der Waals surface area contributed by atoms with Crippen molar-refractivity contribution in [2.45, 2.75) is 201 Å². The van der Waals surface area contributed by atoms with Crippen LogP contribution in [0.2, 0.25) is 5.02 Å². The van der Waals surface area contributed by atoms with Gasteiger partial charge in [0.2, 0.25) is 0 Å². The molecule has 0 radical (unpaired) electrons. The molecule has 7 fully saturated rings. The molecular formula is C100H129ClF5N25O7. The van der Waals surface area contributed by atoms with E-state index >= 15 is 0 Å². The number of fused-ring (bicyclic) bond motifs is 25. The lowest BCUT2D eigenvalue weighted by Gasteiger charge is -2.53. The van der Waals surface area contributed by atoms with Gasteiger partial charge < -0.3 is 44.1 Å². The number of hydrogen-bond acceptors (Lipinski definition) is 25. The Morgan fingerprint density at radius 2 is 0.667 bits per heavy atom. The summed E-state index contributed by atoms with van der Waals surface area (Å²) < 4.78 is 79.8. The van der Waals surface area contributed by atoms with Crippen LogP contribution in [0.3, 0.4) is 0 Å². The SMILES string of the molecule is C=C(C1CC1)N1CC2CN(C)C(C)CN2c2c1c(=O)n(C)c1nc(C)c(Cl)cc21.Cc1nc2c(cc1F)c1c(c(=O)n2C)N(C(C)C)CC2CN(C)C(C)CN12.Cc1nc2c(cc1F)c1c(c(=O)n2C)N(C(C)F)C(=O)C2CN(C)C(C)CN12.Cc1nc2c(cc1F)c1c(c(=O)n2C)N(C)C(=O)C2CN(C)C(C)CN12.Cc1nc2c(cc1F)c1c(c(=O)n2C)N(C2CCC2)CC2CN(C)C(C)CN12. The second kappa shape index (κ2) is 36.1. The smallest absolute Gasteiger partial charge is 0.278 e. The Bertz CT molecular complexity index is 7040. The van der Waals surface area contributed by atoms with Crippen molar-refractivity contribution in [2.24, 2.45) is 41.2 Å². The van der Waals surface area contributed by atoms with Crippen molar-refractivity contribution in [1.82, 2.24) is 72.3 Å². The first-order valence-corrected chi connectivity index (χ1v) is 48.7. The molecule has 2 saturated carbocycles. The molecule has 0 spiro atoms. The van der Waals surface area contributed by atoms with Crippen LogP contribution in [-0.4, -0.2) is 290 Å². The minimum Gasteiger partial charge on any atom is -0.361 e. The van der Waals surface area contributed by atoms with Gasteiger partial charge in [-0.2, -0.15) is 0 Å². The molecule has 2 aliphatic carbocycles. The highest BCUT2D eigenvalue weighted by Gasteiger charge is 2.51. The van der Waals surface area contributed by atoms with Crippen LogP contribution in [0.15, 0.2) is 66.6 Å². The van der Waals surface area contributed by atoms with Crippen molar-refractivity contribution in [3.05, 3.63) is 151 Å². The fourth-order valence-corrected chi connectivity index (χ4v) is 22.6. The zero-order valence-corrected chi connectivity index (χ0v) is 84.5. The average Bonchev–Trinajstić information content (AvgIpc) is 0.909. The van der Waals surface area contributed by atoms with Gasteiger partial charge >= 0.3 is 0 Å². The Morgan fingerprint density at radius 3 is 1.06 bits per heavy atom. The third-order valence-electron chi connectivity index (χ3n) is 31.8. The van der Waals surface area contributed by atoms with Crippen molar-refractivity contribution in [3.8, 4) is 0 Å². The number of hydrogen-bond donors (Lipinski definition) is 0. The Balaban J connectivity index is 0.000000115. The lowest BCUT2D eigenvalue weighted by molar-refractivity contribution is -0.122. The van der Waals surface area contributed by atoms with E-state index in [-0.39, 0.29) is 81.0 Å². The Kier molecular flexibility index (Phi) is 25.3. The van der Waals surface area contributed by atoms with Crippen LogP contribution < -0.4 is 76.8 Å². The van der Waals surface area contributed by atoms with Crippen LogP contribution in [0.25, 0.3) is 55.2 Å². The number of carbonyl (C=O) groups is 2. The first-order chi connectivity index (χ1) is 65.2. The Labute approximate surface area is 804 Å². The predicted molar refractivity (Wildman–Crippen MR) is 538 cm³/mol. The number of anilines is 10. The molecule has 10 aromatic heterocycles. The number of alkyl halides is 1. The number of amides is 2. The minimum atomic E-state index is -1.69. The molecular weight excluding hydrogens is 1790 g/mol. The van der Waals surface area contributed by atoms with Gasteiger partial charge in [-0.05, 0) is 194 Å². The fraction of sp³-hybridized carbons (Fsp3) is 0.560. The molecule has 22 rings (SSSR count). The monoisotopic (exact) mass is 1920 g/mol. The van der Waals surface area contributed by atoms with Crippen molar-refractivity contribution in [2.75, 3.05) is 176 Å². The highest BCUT2D eigenvalue weighted by Crippen LogP contribution is 2.51. The quantitative estimate of drug-likeness (QED) is 0.115. The van der Waals surface area contributed by atoms with E-state index in [4.69, 9.17) is 11.6 Å². The van der Waals surface area contributed by atoms with Gasteiger partial charge in [-0.15, -0.1) is 0 Å². The summed E-state index contributed by atoms with van der Waals surface area (Å²) in [6.07, 6.45) is 4.10. The van der Waals surface area contributed by atoms with Gasteiger partial charge in [0.15, 0.2) is 6.30 Å². The molecule has 10 aliphatic heterocycles. The van der Waals surface area contributed by atoms with Crippen LogP contribution in [-0.2, 0) is 44.8 Å². The van der Waals surface area contributed by atoms with Crippen LogP contribution in [0.4, 0.5) is 78.8 Å². The summed E-state index contributed by atoms with van der Waals surface area (Å²) in [5, 5.41) is 4.03. The summed E-state index contributed by atoms with van der Waals surface area (Å²) in [5.41, 5.74) is 10.7. The molecule has 20 heterocycles. The lowest BCUT2D eigenvalue weighted by Crippen LogP contribution is -2.66. The van der Waals surface area contributed by atoms with Crippen molar-refractivity contribution >= 4 is 135 Å². The summed E-state index contributed by atoms with van der Waals surface area (Å²) in [4.78, 5) is 146. The Morgan fingerprint density at radius 1 is 0.355 bits per heavy atom. The van der Waals surface area contributed by atoms with Gasteiger partial charge in [0, 0.05) is 202 Å². The molecule has 32 nitrogen and oxygen atoms in total. The highest BCUT2D eigenvalue weighted by molar-refractivity contribution is 6.32. The summed E-state index contributed by atoms with van der Waals surface area (Å²) in [7, 11) is 20.4. The van der Waals surface area contributed by atoms with Crippen molar-refractivity contribution in [1.29, 1.82) is 0 Å². The fourth-order valence-electron chi connectivity index (χ4n) is 22.4. The summed E-state index contributed by atoms with van der Waals surface area (Å²) in [6, 6.07) is 9.76. The lowest BCUT2D eigenvalue weighted by atomic mass is 9.88. The van der Waals surface area contributed by atoms with E-state index in [1.807, 2.05) is 55.8 Å². The van der Waals surface area contributed by atoms with E-state index in [0.717, 1.165) is 145 Å². The van der Waals surface area contributed by atoms with Gasteiger partial charge in [0.25, 0.3) is 39.6 Å². The normalized spacial score (nSPS) is 24.1. The van der Waals surface area contributed by atoms with Gasteiger partial charge in [-0.3, -0.25) is 85.8 Å². The van der Waals surface area contributed by atoms with Crippen LogP contribution in [0.5, 0.6) is 0 Å². The number of aryl methyl sites for hydroxylation is 10. The number of halogens is 6. The van der Waals surface area contributed by atoms with E-state index < -0.39 is 41.5 Å². The number of piperazine rings is 5. The molecule has 11 unspecified atom stereocenters. The summed E-state index contributed by atoms with van der Waals surface area (Å²) in [5.74, 6) is -1.65. The zero-order valence-electron chi connectivity index (χ0n) is 83.7. The van der Waals surface area contributed by atoms with Gasteiger partial charge in [0.1, 0.15) is 92.0 Å². The van der Waals surface area contributed by atoms with Crippen LogP contribution in [0, 0.1) is 63.8 Å². The topological polar surface area (TPSA) is 257 Å². The minimum absolute atomic E-state index is 0.00597. The molecule has 11 atom stereocenters. The molecule has 0 bridgehead atoms. The number of nitrogens with zero attached hydrogens (tertiary/aromatic N) is 25. The average molecular weight is 1920 g/mol. The van der Waals surface area contributed by atoms with Crippen LogP contribution >= 0.6 is 11.6 Å². The largest absolute Gasteiger partial charge is 0.361 e. The third kappa shape index (κ3) is 15.9. The van der Waals surface area contributed by atoms with Crippen LogP contribution in [0.1, 0.15) is 116 Å². The van der Waals surface area contributed by atoms with E-state index in [2.05, 4.69) is 143 Å². The first kappa shape index (κ1) is 96.9. The maximum absolute atomic E-state index is 14.6. The maximum Gasteiger partial charge on any atom is 0.278 e. The number of aromatic nitrogens is 10. The Hall–Kier alpha value is -11.4. The molecule has 0 aromatic carbocycles. The molecule has 2 amide bonds. The van der Waals surface area contributed by atoms with E-state index in [9.17, 15) is 55.5 Å². The van der Waals surface area contributed by atoms with Gasteiger partial charge in [-0.25, -0.2) is 46.9 Å². The third-order valence-corrected chi connectivity index (χ3v) is 32.2. The molecule has 38 heteroatoms. The highest BCUT2D eigenvalue weighted by atomic mass is 35.5. The van der Waals surface area contributed by atoms with E-state index in [1.165, 1.54) is 53.5 Å². The number of rotatable bonds is 5. The van der Waals surface area contributed by atoms with Gasteiger partial charge in [-0.1, -0.05) is 18.2 Å². The summed E-state index contributed by atoms with van der Waals surface area (Å²) in [6.45, 7) is 38.6. The number of pyridine rings is 10. The number of likely N-dealkylation sites (N-methyl/N-ethyl adjacent to an activating group) is 6. The van der Waals surface area contributed by atoms with Crippen molar-refractivity contribution in [3.63, 3.8) is 0 Å². The number of allylic oxidation sites excluding steroid dienone is 1. The molecule has 0 N–H and O–H groups in total. The zero-order chi connectivity index (χ0) is 99.4. The van der Waals surface area contributed by atoms with Gasteiger partial charge in [0.05, 0.1) is 80.1 Å². The maximum atomic E-state index is 14.6. The number of carbonyl (C=O) groups excluding carboxylic acids is 2. The second-order valence-electron chi connectivity index (χ2n) is 41.2. The first-order valence-electron chi connectivity index (χ1n) is 48.3. The van der Waals surface area contributed by atoms with E-state index in [1.54, 1.807) is 74.8 Å². The molecule has 12 aliphatic rings. The van der Waals surface area contributed by atoms with E-state index in [0.29, 0.717) is 147 Å². The molecule has 138 heavy (non-hydrogen) atoms. The predicted octanol–water partition coefficient (Wildman–Crippen LogP) is 9.95. The summed E-state index contributed by atoms with van der Waals surface area (Å²) >= 11 is 6.50. The second-order valence-corrected chi connectivity index (χ2v) is 41.6. The van der Waals surface area contributed by atoms with Crippen molar-refractivity contribution < 1.29 is 31.5 Å². The molecule has 5 saturated heterocycles.